The van der Waals surface area contributed by atoms with Crippen LogP contribution in [0.3, 0.4) is 0 Å². The third kappa shape index (κ3) is 2.54. The highest BCUT2D eigenvalue weighted by molar-refractivity contribution is 9.10. The Balaban J connectivity index is 2.34. The Bertz CT molecular complexity index is 494. The molecule has 1 aromatic heterocycles. The third-order valence-electron chi connectivity index (χ3n) is 2.20. The second kappa shape index (κ2) is 4.85. The number of hydrogen-bond acceptors (Lipinski definition) is 2. The standard InChI is InChI=1S/C12H10BrClN2/c1-8-3-2-4-11(14)12(8)16-10-5-9(13)6-15-7-10/h2-7,16H,1H3. The zero-order chi connectivity index (χ0) is 11.5. The van der Waals surface area contributed by atoms with Crippen molar-refractivity contribution in [3.63, 3.8) is 0 Å². The number of pyridine rings is 1. The van der Waals surface area contributed by atoms with Crippen LogP contribution in [-0.4, -0.2) is 4.98 Å². The monoisotopic (exact) mass is 296 g/mol. The van der Waals surface area contributed by atoms with Crippen LogP contribution in [0.15, 0.2) is 41.1 Å². The number of anilines is 2. The number of halogens is 2. The minimum atomic E-state index is 0.708. The summed E-state index contributed by atoms with van der Waals surface area (Å²) in [5.41, 5.74) is 2.93. The van der Waals surface area contributed by atoms with Gasteiger partial charge in [-0.25, -0.2) is 0 Å². The Morgan fingerprint density at radius 1 is 1.31 bits per heavy atom. The van der Waals surface area contributed by atoms with E-state index < -0.39 is 0 Å². The molecule has 1 aromatic carbocycles. The molecule has 2 rings (SSSR count). The summed E-state index contributed by atoms with van der Waals surface area (Å²) in [5.74, 6) is 0. The van der Waals surface area contributed by atoms with Crippen LogP contribution in [0.25, 0.3) is 0 Å². The average Bonchev–Trinajstić information content (AvgIpc) is 2.24. The van der Waals surface area contributed by atoms with Crippen molar-refractivity contribution in [3.05, 3.63) is 51.7 Å². The van der Waals surface area contributed by atoms with Crippen LogP contribution >= 0.6 is 27.5 Å². The first-order valence-electron chi connectivity index (χ1n) is 4.79. The molecule has 0 fully saturated rings. The fourth-order valence-corrected chi connectivity index (χ4v) is 2.05. The van der Waals surface area contributed by atoms with E-state index in [1.807, 2.05) is 31.2 Å². The van der Waals surface area contributed by atoms with Crippen molar-refractivity contribution in [2.24, 2.45) is 0 Å². The summed E-state index contributed by atoms with van der Waals surface area (Å²) in [4.78, 5) is 4.09. The predicted octanol–water partition coefficient (Wildman–Crippen LogP) is 4.55. The molecule has 0 aliphatic carbocycles. The lowest BCUT2D eigenvalue weighted by molar-refractivity contribution is 1.30. The molecular formula is C12H10BrClN2. The van der Waals surface area contributed by atoms with Crippen molar-refractivity contribution in [1.82, 2.24) is 4.98 Å². The van der Waals surface area contributed by atoms with E-state index in [0.29, 0.717) is 5.02 Å². The van der Waals surface area contributed by atoms with Crippen LogP contribution in [0.5, 0.6) is 0 Å². The van der Waals surface area contributed by atoms with E-state index in [9.17, 15) is 0 Å². The van der Waals surface area contributed by atoms with Gasteiger partial charge in [0.15, 0.2) is 0 Å². The van der Waals surface area contributed by atoms with Crippen molar-refractivity contribution >= 4 is 38.9 Å². The van der Waals surface area contributed by atoms with E-state index in [2.05, 4.69) is 26.2 Å². The Morgan fingerprint density at radius 2 is 2.12 bits per heavy atom. The zero-order valence-electron chi connectivity index (χ0n) is 8.67. The largest absolute Gasteiger partial charge is 0.353 e. The molecule has 4 heteroatoms. The van der Waals surface area contributed by atoms with E-state index in [-0.39, 0.29) is 0 Å². The molecule has 0 aliphatic heterocycles. The number of aryl methyl sites for hydroxylation is 1. The number of aromatic nitrogens is 1. The Morgan fingerprint density at radius 3 is 2.81 bits per heavy atom. The molecule has 2 aromatic rings. The van der Waals surface area contributed by atoms with Crippen LogP contribution in [0, 0.1) is 6.92 Å². The van der Waals surface area contributed by atoms with Gasteiger partial charge in [-0.15, -0.1) is 0 Å². The minimum absolute atomic E-state index is 0.708. The molecule has 0 spiro atoms. The molecule has 0 radical (unpaired) electrons. The Kier molecular flexibility index (Phi) is 3.46. The lowest BCUT2D eigenvalue weighted by atomic mass is 10.2. The van der Waals surface area contributed by atoms with E-state index in [4.69, 9.17) is 11.6 Å². The molecule has 0 aliphatic rings. The van der Waals surface area contributed by atoms with Gasteiger partial charge in [0.2, 0.25) is 0 Å². The third-order valence-corrected chi connectivity index (χ3v) is 2.94. The highest BCUT2D eigenvalue weighted by Crippen LogP contribution is 2.29. The highest BCUT2D eigenvalue weighted by Gasteiger charge is 2.04. The predicted molar refractivity (Wildman–Crippen MR) is 71.4 cm³/mol. The molecule has 2 nitrogen and oxygen atoms in total. The van der Waals surface area contributed by atoms with E-state index in [1.165, 1.54) is 0 Å². The SMILES string of the molecule is Cc1cccc(Cl)c1Nc1cncc(Br)c1. The summed E-state index contributed by atoms with van der Waals surface area (Å²) in [5, 5.41) is 3.97. The number of benzene rings is 1. The van der Waals surface area contributed by atoms with E-state index in [1.54, 1.807) is 12.4 Å². The van der Waals surface area contributed by atoms with Gasteiger partial charge in [-0.1, -0.05) is 23.7 Å². The first-order valence-corrected chi connectivity index (χ1v) is 5.96. The van der Waals surface area contributed by atoms with Gasteiger partial charge in [-0.3, -0.25) is 4.98 Å². The second-order valence-electron chi connectivity index (χ2n) is 3.45. The molecular weight excluding hydrogens is 288 g/mol. The molecule has 1 N–H and O–H groups in total. The fraction of sp³-hybridized carbons (Fsp3) is 0.0833. The van der Waals surface area contributed by atoms with Gasteiger partial charge < -0.3 is 5.32 Å². The molecule has 16 heavy (non-hydrogen) atoms. The smallest absolute Gasteiger partial charge is 0.0643 e. The fourth-order valence-electron chi connectivity index (χ4n) is 1.41. The van der Waals surface area contributed by atoms with Gasteiger partial charge in [0.25, 0.3) is 0 Å². The number of para-hydroxylation sites is 1. The first-order chi connectivity index (χ1) is 7.66. The maximum Gasteiger partial charge on any atom is 0.0643 e. The molecule has 0 amide bonds. The normalized spacial score (nSPS) is 10.2. The Hall–Kier alpha value is -1.06. The zero-order valence-corrected chi connectivity index (χ0v) is 11.0. The molecule has 0 saturated heterocycles. The Labute approximate surface area is 108 Å². The van der Waals surface area contributed by atoms with Crippen LogP contribution in [0.1, 0.15) is 5.56 Å². The van der Waals surface area contributed by atoms with Gasteiger partial charge in [0, 0.05) is 10.7 Å². The van der Waals surface area contributed by atoms with Crippen LogP contribution in [-0.2, 0) is 0 Å². The van der Waals surface area contributed by atoms with Crippen molar-refractivity contribution in [1.29, 1.82) is 0 Å². The van der Waals surface area contributed by atoms with Crippen molar-refractivity contribution < 1.29 is 0 Å². The van der Waals surface area contributed by atoms with Gasteiger partial charge in [0.1, 0.15) is 0 Å². The summed E-state index contributed by atoms with van der Waals surface area (Å²) < 4.78 is 0.933. The first kappa shape index (κ1) is 11.4. The molecule has 0 atom stereocenters. The van der Waals surface area contributed by atoms with Crippen molar-refractivity contribution in [2.45, 2.75) is 6.92 Å². The quantitative estimate of drug-likeness (QED) is 0.879. The van der Waals surface area contributed by atoms with Crippen LogP contribution in [0.4, 0.5) is 11.4 Å². The average molecular weight is 298 g/mol. The summed E-state index contributed by atoms with van der Waals surface area (Å²) in [6, 6.07) is 7.76. The lowest BCUT2D eigenvalue weighted by Gasteiger charge is -2.11. The molecule has 0 unspecified atom stereocenters. The topological polar surface area (TPSA) is 24.9 Å². The number of nitrogens with one attached hydrogen (secondary N) is 1. The van der Waals surface area contributed by atoms with Crippen LogP contribution in [0.2, 0.25) is 5.02 Å². The summed E-state index contributed by atoms with van der Waals surface area (Å²) in [6.07, 6.45) is 3.50. The molecule has 1 heterocycles. The summed E-state index contributed by atoms with van der Waals surface area (Å²) >= 11 is 9.50. The van der Waals surface area contributed by atoms with Crippen molar-refractivity contribution in [2.75, 3.05) is 5.32 Å². The van der Waals surface area contributed by atoms with Crippen LogP contribution < -0.4 is 5.32 Å². The minimum Gasteiger partial charge on any atom is -0.353 e. The number of hydrogen-bond donors (Lipinski definition) is 1. The highest BCUT2D eigenvalue weighted by atomic mass is 79.9. The second-order valence-corrected chi connectivity index (χ2v) is 4.77. The van der Waals surface area contributed by atoms with Crippen molar-refractivity contribution in [3.8, 4) is 0 Å². The van der Waals surface area contributed by atoms with Gasteiger partial charge in [0.05, 0.1) is 22.6 Å². The molecule has 0 saturated carbocycles. The number of rotatable bonds is 2. The maximum atomic E-state index is 6.12. The number of nitrogens with zero attached hydrogens (tertiary/aromatic N) is 1. The molecule has 82 valence electrons. The summed E-state index contributed by atoms with van der Waals surface area (Å²) in [7, 11) is 0. The van der Waals surface area contributed by atoms with Gasteiger partial charge >= 0.3 is 0 Å². The van der Waals surface area contributed by atoms with E-state index >= 15 is 0 Å². The summed E-state index contributed by atoms with van der Waals surface area (Å²) in [6.45, 7) is 2.01. The van der Waals surface area contributed by atoms with Gasteiger partial charge in [-0.2, -0.15) is 0 Å². The molecule has 0 bridgehead atoms. The van der Waals surface area contributed by atoms with E-state index in [0.717, 1.165) is 21.4 Å². The lowest BCUT2D eigenvalue weighted by Crippen LogP contribution is -1.94. The van der Waals surface area contributed by atoms with Gasteiger partial charge in [-0.05, 0) is 40.5 Å². The maximum absolute atomic E-state index is 6.12.